The molecule has 26 heavy (non-hydrogen) atoms. The van der Waals surface area contributed by atoms with E-state index >= 15 is 0 Å². The Labute approximate surface area is 150 Å². The molecule has 0 saturated carbocycles. The number of carboxylic acids is 1. The molecule has 1 atom stereocenters. The first kappa shape index (κ1) is 18.1. The number of esters is 1. The summed E-state index contributed by atoms with van der Waals surface area (Å²) in [5, 5.41) is 8.95. The van der Waals surface area contributed by atoms with Crippen LogP contribution in [0, 0.1) is 5.92 Å². The topological polar surface area (TPSA) is 104 Å². The summed E-state index contributed by atoms with van der Waals surface area (Å²) < 4.78 is 4.76. The van der Waals surface area contributed by atoms with Crippen molar-refractivity contribution in [2.45, 2.75) is 25.3 Å². The van der Waals surface area contributed by atoms with Crippen molar-refractivity contribution >= 4 is 29.4 Å². The molecule has 0 bridgehead atoms. The summed E-state index contributed by atoms with van der Waals surface area (Å²) in [5.41, 5.74) is 0.464. The normalized spacial score (nSPS) is 21.9. The first-order valence-electron chi connectivity index (χ1n) is 8.44. The van der Waals surface area contributed by atoms with Gasteiger partial charge in [-0.25, -0.2) is 9.69 Å². The third-order valence-corrected chi connectivity index (χ3v) is 5.00. The van der Waals surface area contributed by atoms with Gasteiger partial charge in [0.2, 0.25) is 5.91 Å². The molecular weight excluding hydrogens is 340 g/mol. The lowest BCUT2D eigenvalue weighted by Gasteiger charge is -2.33. The standard InChI is InChI=1S/C18H20N2O6/c1-26-18(25)12-6-8-19(9-7-12)14-10-15(21)20(16(14)22)13-4-2-11(3-5-13)17(23)24/h2-5,12,14H,6-10H2,1H3,(H,23,24)/t14-/m0/s1. The minimum absolute atomic E-state index is 0.0857. The molecule has 1 aromatic carbocycles. The van der Waals surface area contributed by atoms with E-state index in [0.29, 0.717) is 31.6 Å². The molecule has 2 aliphatic heterocycles. The smallest absolute Gasteiger partial charge is 0.335 e. The lowest BCUT2D eigenvalue weighted by atomic mass is 9.95. The van der Waals surface area contributed by atoms with E-state index in [1.165, 1.54) is 31.4 Å². The molecule has 8 heteroatoms. The van der Waals surface area contributed by atoms with E-state index in [-0.39, 0.29) is 35.7 Å². The number of amides is 2. The highest BCUT2D eigenvalue weighted by Gasteiger charge is 2.44. The Morgan fingerprint density at radius 3 is 2.27 bits per heavy atom. The number of nitrogens with zero attached hydrogens (tertiary/aromatic N) is 2. The van der Waals surface area contributed by atoms with Gasteiger partial charge in [0, 0.05) is 0 Å². The molecule has 2 saturated heterocycles. The highest BCUT2D eigenvalue weighted by Crippen LogP contribution is 2.29. The number of aromatic carboxylic acids is 1. The van der Waals surface area contributed by atoms with Crippen LogP contribution in [0.2, 0.25) is 0 Å². The van der Waals surface area contributed by atoms with Crippen molar-refractivity contribution in [3.63, 3.8) is 0 Å². The molecule has 0 unspecified atom stereocenters. The molecule has 0 spiro atoms. The van der Waals surface area contributed by atoms with Gasteiger partial charge in [-0.3, -0.25) is 19.3 Å². The summed E-state index contributed by atoms with van der Waals surface area (Å²) >= 11 is 0. The van der Waals surface area contributed by atoms with Crippen LogP contribution in [-0.4, -0.2) is 60.0 Å². The zero-order chi connectivity index (χ0) is 18.8. The van der Waals surface area contributed by atoms with Gasteiger partial charge in [-0.05, 0) is 50.2 Å². The molecule has 2 fully saturated rings. The number of methoxy groups -OCH3 is 1. The van der Waals surface area contributed by atoms with Crippen LogP contribution in [0.3, 0.4) is 0 Å². The third-order valence-electron chi connectivity index (χ3n) is 5.00. The summed E-state index contributed by atoms with van der Waals surface area (Å²) in [6.45, 7) is 1.10. The van der Waals surface area contributed by atoms with Gasteiger partial charge in [0.1, 0.15) is 0 Å². The molecule has 2 heterocycles. The number of carbonyl (C=O) groups excluding carboxylic acids is 3. The molecule has 138 valence electrons. The second kappa shape index (κ2) is 7.25. The lowest BCUT2D eigenvalue weighted by Crippen LogP contribution is -2.46. The number of rotatable bonds is 4. The minimum atomic E-state index is -1.07. The van der Waals surface area contributed by atoms with Crippen molar-refractivity contribution in [2.24, 2.45) is 5.92 Å². The van der Waals surface area contributed by atoms with E-state index in [0.717, 1.165) is 4.90 Å². The largest absolute Gasteiger partial charge is 0.478 e. The van der Waals surface area contributed by atoms with E-state index in [1.807, 2.05) is 4.90 Å². The molecule has 2 amide bonds. The fraction of sp³-hybridized carbons (Fsp3) is 0.444. The summed E-state index contributed by atoms with van der Waals surface area (Å²) in [7, 11) is 1.36. The maximum atomic E-state index is 12.8. The Morgan fingerprint density at radius 1 is 1.12 bits per heavy atom. The average molecular weight is 360 g/mol. The first-order chi connectivity index (χ1) is 12.4. The Hall–Kier alpha value is -2.74. The fourth-order valence-corrected chi connectivity index (χ4v) is 3.54. The SMILES string of the molecule is COC(=O)C1CCN([C@H]2CC(=O)N(c3ccc(C(=O)O)cc3)C2=O)CC1. The highest BCUT2D eigenvalue weighted by atomic mass is 16.5. The van der Waals surface area contributed by atoms with E-state index in [4.69, 9.17) is 9.84 Å². The van der Waals surface area contributed by atoms with Crippen molar-refractivity contribution in [3.8, 4) is 0 Å². The predicted octanol–water partition coefficient (Wildman–Crippen LogP) is 0.902. The average Bonchev–Trinajstić information content (AvgIpc) is 2.95. The number of hydrogen-bond acceptors (Lipinski definition) is 6. The van der Waals surface area contributed by atoms with Gasteiger partial charge in [-0.1, -0.05) is 0 Å². The summed E-state index contributed by atoms with van der Waals surface area (Å²) in [6.07, 6.45) is 1.28. The van der Waals surface area contributed by atoms with Crippen LogP contribution >= 0.6 is 0 Å². The monoisotopic (exact) mass is 360 g/mol. The second-order valence-corrected chi connectivity index (χ2v) is 6.47. The minimum Gasteiger partial charge on any atom is -0.478 e. The maximum absolute atomic E-state index is 12.8. The first-order valence-corrected chi connectivity index (χ1v) is 8.44. The number of carboxylic acid groups (broad SMARTS) is 1. The highest BCUT2D eigenvalue weighted by molar-refractivity contribution is 6.22. The van der Waals surface area contributed by atoms with Crippen molar-refractivity contribution in [2.75, 3.05) is 25.1 Å². The zero-order valence-electron chi connectivity index (χ0n) is 14.4. The molecule has 8 nitrogen and oxygen atoms in total. The van der Waals surface area contributed by atoms with E-state index in [2.05, 4.69) is 0 Å². The van der Waals surface area contributed by atoms with E-state index < -0.39 is 12.0 Å². The number of likely N-dealkylation sites (tertiary alicyclic amines) is 1. The van der Waals surface area contributed by atoms with Crippen molar-refractivity contribution in [3.05, 3.63) is 29.8 Å². The van der Waals surface area contributed by atoms with Gasteiger partial charge in [0.15, 0.2) is 0 Å². The summed E-state index contributed by atoms with van der Waals surface area (Å²) in [5.74, 6) is -2.09. The molecule has 2 aliphatic rings. The third kappa shape index (κ3) is 3.32. The van der Waals surface area contributed by atoms with Crippen LogP contribution in [0.15, 0.2) is 24.3 Å². The van der Waals surface area contributed by atoms with E-state index in [1.54, 1.807) is 0 Å². The van der Waals surface area contributed by atoms with Gasteiger partial charge < -0.3 is 9.84 Å². The van der Waals surface area contributed by atoms with Gasteiger partial charge in [0.25, 0.3) is 5.91 Å². The van der Waals surface area contributed by atoms with Gasteiger partial charge in [-0.15, -0.1) is 0 Å². The van der Waals surface area contributed by atoms with Gasteiger partial charge >= 0.3 is 11.9 Å². The molecule has 1 N–H and O–H groups in total. The van der Waals surface area contributed by atoms with Crippen LogP contribution in [0.5, 0.6) is 0 Å². The Balaban J connectivity index is 1.69. The zero-order valence-corrected chi connectivity index (χ0v) is 14.4. The van der Waals surface area contributed by atoms with E-state index in [9.17, 15) is 19.2 Å². The number of piperidine rings is 1. The second-order valence-electron chi connectivity index (χ2n) is 6.47. The summed E-state index contributed by atoms with van der Waals surface area (Å²) in [6, 6.07) is 5.12. The fourth-order valence-electron chi connectivity index (χ4n) is 3.54. The Morgan fingerprint density at radius 2 is 1.73 bits per heavy atom. The molecule has 0 radical (unpaired) electrons. The number of imide groups is 1. The molecule has 3 rings (SSSR count). The van der Waals surface area contributed by atoms with Crippen LogP contribution in [0.25, 0.3) is 0 Å². The van der Waals surface area contributed by atoms with Gasteiger partial charge in [-0.2, -0.15) is 0 Å². The number of carbonyl (C=O) groups is 4. The number of hydrogen-bond donors (Lipinski definition) is 1. The molecule has 1 aromatic rings. The Bertz CT molecular complexity index is 737. The number of anilines is 1. The Kier molecular flexibility index (Phi) is 5.03. The molecular formula is C18H20N2O6. The van der Waals surface area contributed by atoms with Crippen molar-refractivity contribution in [1.29, 1.82) is 0 Å². The van der Waals surface area contributed by atoms with Crippen LogP contribution in [0.1, 0.15) is 29.6 Å². The van der Waals surface area contributed by atoms with Crippen LogP contribution in [-0.2, 0) is 19.1 Å². The quantitative estimate of drug-likeness (QED) is 0.628. The lowest BCUT2D eigenvalue weighted by molar-refractivity contribution is -0.147. The number of benzene rings is 1. The van der Waals surface area contributed by atoms with Crippen LogP contribution in [0.4, 0.5) is 5.69 Å². The predicted molar refractivity (Wildman–Crippen MR) is 90.6 cm³/mol. The van der Waals surface area contributed by atoms with Crippen molar-refractivity contribution < 1.29 is 29.0 Å². The maximum Gasteiger partial charge on any atom is 0.335 e. The molecule has 0 aromatic heterocycles. The summed E-state index contributed by atoms with van der Waals surface area (Å²) in [4.78, 5) is 50.7. The van der Waals surface area contributed by atoms with Gasteiger partial charge in [0.05, 0.1) is 36.7 Å². The van der Waals surface area contributed by atoms with Crippen LogP contribution < -0.4 is 4.90 Å². The number of ether oxygens (including phenoxy) is 1. The molecule has 0 aliphatic carbocycles. The van der Waals surface area contributed by atoms with Crippen molar-refractivity contribution in [1.82, 2.24) is 4.90 Å².